The maximum Gasteiger partial charge on any atom is 0.347 e. The lowest BCUT2D eigenvalue weighted by atomic mass is 9.96. The van der Waals surface area contributed by atoms with Gasteiger partial charge < -0.3 is 14.8 Å². The fourth-order valence-corrected chi connectivity index (χ4v) is 2.15. The van der Waals surface area contributed by atoms with Gasteiger partial charge in [-0.25, -0.2) is 9.59 Å². The number of carbonyl (C=O) groups is 2. The molecular weight excluding hydrogens is 294 g/mol. The number of esters is 2. The predicted octanol–water partition coefficient (Wildman–Crippen LogP) is 3.50. The normalized spacial score (nSPS) is 14.5. The zero-order chi connectivity index (χ0) is 17.4. The number of carbonyl (C=O) groups excluding carboxylic acids is 2. The highest BCUT2D eigenvalue weighted by Crippen LogP contribution is 2.27. The van der Waals surface area contributed by atoms with E-state index >= 15 is 0 Å². The number of benzene rings is 1. The summed E-state index contributed by atoms with van der Waals surface area (Å²) in [4.78, 5) is 23.6. The number of ether oxygens (including phenoxy) is 2. The van der Waals surface area contributed by atoms with Gasteiger partial charge in [-0.2, -0.15) is 0 Å². The molecule has 0 aliphatic heterocycles. The van der Waals surface area contributed by atoms with Crippen molar-refractivity contribution in [1.82, 2.24) is 0 Å². The molecule has 0 aliphatic carbocycles. The maximum atomic E-state index is 12.1. The van der Waals surface area contributed by atoms with E-state index in [0.717, 1.165) is 17.7 Å². The second kappa shape index (κ2) is 9.18. The van der Waals surface area contributed by atoms with Crippen molar-refractivity contribution in [2.45, 2.75) is 59.1 Å². The van der Waals surface area contributed by atoms with Crippen molar-refractivity contribution in [2.24, 2.45) is 0 Å². The fourth-order valence-electron chi connectivity index (χ4n) is 2.15. The molecule has 1 aromatic carbocycles. The summed E-state index contributed by atoms with van der Waals surface area (Å²) in [5.74, 6) is -0.627. The van der Waals surface area contributed by atoms with E-state index < -0.39 is 24.1 Å². The SMILES string of the molecule is CCOC(=O)C(C)OC(=O)[C@H](C)Nc1ccccc1C(C)CC. The first-order chi connectivity index (χ1) is 10.9. The van der Waals surface area contributed by atoms with Crippen LogP contribution < -0.4 is 5.32 Å². The number of anilines is 1. The lowest BCUT2D eigenvalue weighted by molar-refractivity contribution is -0.166. The van der Waals surface area contributed by atoms with Crippen LogP contribution >= 0.6 is 0 Å². The van der Waals surface area contributed by atoms with E-state index in [1.54, 1.807) is 13.8 Å². The lowest BCUT2D eigenvalue weighted by Crippen LogP contribution is -2.34. The summed E-state index contributed by atoms with van der Waals surface area (Å²) >= 11 is 0. The quantitative estimate of drug-likeness (QED) is 0.742. The maximum absolute atomic E-state index is 12.1. The highest BCUT2D eigenvalue weighted by Gasteiger charge is 2.23. The summed E-state index contributed by atoms with van der Waals surface area (Å²) in [5.41, 5.74) is 2.07. The zero-order valence-corrected chi connectivity index (χ0v) is 14.6. The van der Waals surface area contributed by atoms with Gasteiger partial charge in [0.1, 0.15) is 6.04 Å². The molecule has 1 N–H and O–H groups in total. The molecule has 0 heterocycles. The van der Waals surface area contributed by atoms with Gasteiger partial charge in [0, 0.05) is 5.69 Å². The molecule has 0 radical (unpaired) electrons. The summed E-state index contributed by atoms with van der Waals surface area (Å²) in [6, 6.07) is 7.35. The van der Waals surface area contributed by atoms with Crippen LogP contribution in [0.2, 0.25) is 0 Å². The second-order valence-electron chi connectivity index (χ2n) is 5.59. The van der Waals surface area contributed by atoms with E-state index in [1.165, 1.54) is 6.92 Å². The van der Waals surface area contributed by atoms with E-state index in [4.69, 9.17) is 9.47 Å². The summed E-state index contributed by atoms with van der Waals surface area (Å²) in [6.07, 6.45) is 0.105. The van der Waals surface area contributed by atoms with Gasteiger partial charge in [-0.05, 0) is 44.7 Å². The molecule has 0 aromatic heterocycles. The van der Waals surface area contributed by atoms with E-state index in [2.05, 4.69) is 25.2 Å². The Morgan fingerprint density at radius 3 is 2.35 bits per heavy atom. The molecule has 5 nitrogen and oxygen atoms in total. The first kappa shape index (κ1) is 19.0. The molecule has 1 rings (SSSR count). The van der Waals surface area contributed by atoms with Crippen molar-refractivity contribution in [3.8, 4) is 0 Å². The van der Waals surface area contributed by atoms with Crippen LogP contribution in [0.3, 0.4) is 0 Å². The predicted molar refractivity (Wildman–Crippen MR) is 90.4 cm³/mol. The topological polar surface area (TPSA) is 64.6 Å². The molecule has 2 unspecified atom stereocenters. The van der Waals surface area contributed by atoms with Crippen molar-refractivity contribution in [2.75, 3.05) is 11.9 Å². The van der Waals surface area contributed by atoms with Crippen LogP contribution in [0.5, 0.6) is 0 Å². The van der Waals surface area contributed by atoms with Gasteiger partial charge in [-0.3, -0.25) is 0 Å². The molecule has 5 heteroatoms. The minimum atomic E-state index is -0.906. The molecule has 0 saturated heterocycles. The third-order valence-electron chi connectivity index (χ3n) is 3.74. The summed E-state index contributed by atoms with van der Waals surface area (Å²) in [5, 5.41) is 3.18. The Morgan fingerprint density at radius 2 is 1.74 bits per heavy atom. The van der Waals surface area contributed by atoms with Crippen molar-refractivity contribution in [3.63, 3.8) is 0 Å². The van der Waals surface area contributed by atoms with Crippen molar-refractivity contribution >= 4 is 17.6 Å². The van der Waals surface area contributed by atoms with Crippen LogP contribution in [0.4, 0.5) is 5.69 Å². The van der Waals surface area contributed by atoms with Gasteiger partial charge >= 0.3 is 11.9 Å². The summed E-state index contributed by atoms with van der Waals surface area (Å²) in [7, 11) is 0. The third kappa shape index (κ3) is 5.58. The first-order valence-electron chi connectivity index (χ1n) is 8.13. The number of nitrogens with one attached hydrogen (secondary N) is 1. The van der Waals surface area contributed by atoms with Gasteiger partial charge in [-0.15, -0.1) is 0 Å². The lowest BCUT2D eigenvalue weighted by Gasteiger charge is -2.21. The number of hydrogen-bond acceptors (Lipinski definition) is 5. The largest absolute Gasteiger partial charge is 0.463 e. The molecular formula is C18H27NO4. The van der Waals surface area contributed by atoms with Crippen molar-refractivity contribution < 1.29 is 19.1 Å². The van der Waals surface area contributed by atoms with Gasteiger partial charge in [-0.1, -0.05) is 32.0 Å². The molecule has 3 atom stereocenters. The molecule has 0 bridgehead atoms. The highest BCUT2D eigenvalue weighted by molar-refractivity contribution is 5.83. The van der Waals surface area contributed by atoms with E-state index in [9.17, 15) is 9.59 Å². The Kier molecular flexibility index (Phi) is 7.59. The Balaban J connectivity index is 2.71. The minimum Gasteiger partial charge on any atom is -0.463 e. The third-order valence-corrected chi connectivity index (χ3v) is 3.74. The summed E-state index contributed by atoms with van der Waals surface area (Å²) < 4.78 is 9.98. The molecule has 0 fully saturated rings. The number of hydrogen-bond donors (Lipinski definition) is 1. The molecule has 0 saturated carbocycles. The fraction of sp³-hybridized carbons (Fsp3) is 0.556. The summed E-state index contributed by atoms with van der Waals surface area (Å²) in [6.45, 7) is 9.47. The molecule has 0 spiro atoms. The molecule has 128 valence electrons. The Labute approximate surface area is 138 Å². The zero-order valence-electron chi connectivity index (χ0n) is 14.6. The van der Waals surface area contributed by atoms with E-state index in [-0.39, 0.29) is 6.61 Å². The minimum absolute atomic E-state index is 0.261. The molecule has 0 amide bonds. The molecule has 1 aromatic rings. The number of para-hydroxylation sites is 1. The van der Waals surface area contributed by atoms with Gasteiger partial charge in [0.15, 0.2) is 6.10 Å². The van der Waals surface area contributed by atoms with Crippen molar-refractivity contribution in [1.29, 1.82) is 0 Å². The van der Waals surface area contributed by atoms with Crippen LogP contribution in [0.25, 0.3) is 0 Å². The monoisotopic (exact) mass is 321 g/mol. The Hall–Kier alpha value is -2.04. The van der Waals surface area contributed by atoms with Crippen LogP contribution in [-0.2, 0) is 19.1 Å². The average Bonchev–Trinajstić information content (AvgIpc) is 2.54. The van der Waals surface area contributed by atoms with Crippen LogP contribution in [0.15, 0.2) is 24.3 Å². The highest BCUT2D eigenvalue weighted by atomic mass is 16.6. The first-order valence-corrected chi connectivity index (χ1v) is 8.13. The Bertz CT molecular complexity index is 530. The van der Waals surface area contributed by atoms with Gasteiger partial charge in [0.05, 0.1) is 6.61 Å². The average molecular weight is 321 g/mol. The van der Waals surface area contributed by atoms with Crippen LogP contribution in [0, 0.1) is 0 Å². The van der Waals surface area contributed by atoms with E-state index in [0.29, 0.717) is 5.92 Å². The van der Waals surface area contributed by atoms with Crippen LogP contribution in [0.1, 0.15) is 52.5 Å². The van der Waals surface area contributed by atoms with Gasteiger partial charge in [0.25, 0.3) is 0 Å². The Morgan fingerprint density at radius 1 is 1.09 bits per heavy atom. The molecule has 23 heavy (non-hydrogen) atoms. The van der Waals surface area contributed by atoms with E-state index in [1.807, 2.05) is 18.2 Å². The number of rotatable bonds is 8. The molecule has 0 aliphatic rings. The standard InChI is InChI=1S/C18H27NO4/c1-6-12(3)15-10-8-9-11-16(15)19-13(4)17(20)23-14(5)18(21)22-7-2/h8-14,19H,6-7H2,1-5H3/t12?,13-,14?/m0/s1. The van der Waals surface area contributed by atoms with Gasteiger partial charge in [0.2, 0.25) is 0 Å². The smallest absolute Gasteiger partial charge is 0.347 e. The van der Waals surface area contributed by atoms with Crippen LogP contribution in [-0.4, -0.2) is 30.7 Å². The second-order valence-corrected chi connectivity index (χ2v) is 5.59. The van der Waals surface area contributed by atoms with Crippen molar-refractivity contribution in [3.05, 3.63) is 29.8 Å².